The number of halogens is 1. The van der Waals surface area contributed by atoms with E-state index in [1.165, 1.54) is 12.1 Å². The molecule has 0 saturated carbocycles. The van der Waals surface area contributed by atoms with Crippen molar-refractivity contribution in [2.75, 3.05) is 6.54 Å². The molecule has 38 heavy (non-hydrogen) atoms. The lowest BCUT2D eigenvalue weighted by Gasteiger charge is -2.32. The number of fused-ring (bicyclic) bond motifs is 1. The van der Waals surface area contributed by atoms with Gasteiger partial charge < -0.3 is 25.0 Å². The molecule has 198 valence electrons. The van der Waals surface area contributed by atoms with Crippen LogP contribution in [0.25, 0.3) is 11.0 Å². The van der Waals surface area contributed by atoms with Crippen molar-refractivity contribution in [1.29, 1.82) is 0 Å². The Morgan fingerprint density at radius 3 is 2.66 bits per heavy atom. The molecule has 3 heterocycles. The van der Waals surface area contributed by atoms with E-state index in [0.29, 0.717) is 13.1 Å². The number of carbonyl (C=O) groups excluding carboxylic acids is 1. The van der Waals surface area contributed by atoms with Crippen LogP contribution >= 0.6 is 11.3 Å². The van der Waals surface area contributed by atoms with Crippen LogP contribution in [0.3, 0.4) is 0 Å². The van der Waals surface area contributed by atoms with E-state index in [1.807, 2.05) is 42.2 Å². The molecular weight excluding hydrogens is 503 g/mol. The maximum absolute atomic E-state index is 13.4. The van der Waals surface area contributed by atoms with Gasteiger partial charge in [0.05, 0.1) is 30.2 Å². The molecule has 7 nitrogen and oxygen atoms in total. The van der Waals surface area contributed by atoms with Crippen molar-refractivity contribution < 1.29 is 19.4 Å². The highest BCUT2D eigenvalue weighted by Crippen LogP contribution is 2.35. The third kappa shape index (κ3) is 5.36. The molecule has 2 aromatic carbocycles. The fourth-order valence-electron chi connectivity index (χ4n) is 5.07. The van der Waals surface area contributed by atoms with Crippen molar-refractivity contribution in [3.63, 3.8) is 0 Å². The number of nitrogens with one attached hydrogen (secondary N) is 1. The highest BCUT2D eigenvalue weighted by molar-refractivity contribution is 7.12. The number of carbonyl (C=O) groups is 1. The van der Waals surface area contributed by atoms with Crippen molar-refractivity contribution >= 4 is 28.3 Å². The Balaban J connectivity index is 1.17. The number of nitrogens with zero attached hydrogens (tertiary/aromatic N) is 3. The summed E-state index contributed by atoms with van der Waals surface area (Å²) < 4.78 is 15.5. The van der Waals surface area contributed by atoms with Gasteiger partial charge in [0, 0.05) is 22.0 Å². The van der Waals surface area contributed by atoms with E-state index < -0.39 is 18.1 Å². The summed E-state index contributed by atoms with van der Waals surface area (Å²) in [5.74, 6) is -0.0403. The Hall–Kier alpha value is -3.53. The molecule has 2 aromatic heterocycles. The van der Waals surface area contributed by atoms with Crippen molar-refractivity contribution in [1.82, 2.24) is 19.8 Å². The molecule has 5 rings (SSSR count). The number of benzene rings is 2. The zero-order valence-electron chi connectivity index (χ0n) is 21.2. The Labute approximate surface area is 224 Å². The summed E-state index contributed by atoms with van der Waals surface area (Å²) in [6, 6.07) is 18.1. The van der Waals surface area contributed by atoms with Gasteiger partial charge in [-0.1, -0.05) is 30.8 Å². The Kier molecular flexibility index (Phi) is 7.60. The first kappa shape index (κ1) is 26.1. The minimum absolute atomic E-state index is 0.0891. The molecule has 0 radical (unpaired) electrons. The monoisotopic (exact) mass is 534 g/mol. The topological polar surface area (TPSA) is 90.6 Å². The number of aryl methyl sites for hydroxylation is 1. The number of hydrogen-bond donors (Lipinski definition) is 3. The van der Waals surface area contributed by atoms with Crippen molar-refractivity contribution in [2.45, 2.75) is 51.1 Å². The molecule has 1 amide bonds. The Bertz CT molecular complexity index is 1450. The minimum Gasteiger partial charge on any atom is -0.384 e. The van der Waals surface area contributed by atoms with Crippen LogP contribution in [0.4, 0.5) is 4.39 Å². The second kappa shape index (κ2) is 11.1. The van der Waals surface area contributed by atoms with E-state index in [4.69, 9.17) is 0 Å². The maximum atomic E-state index is 13.4. The van der Waals surface area contributed by atoms with Crippen LogP contribution in [0, 0.1) is 12.7 Å². The summed E-state index contributed by atoms with van der Waals surface area (Å²) in [6.45, 7) is 7.52. The molecule has 1 aliphatic heterocycles. The third-order valence-corrected chi connectivity index (χ3v) is 8.17. The average molecular weight is 535 g/mol. The SMILES string of the molecule is C=C(C(O)[C@@H](O)C(=O)NCc1ccc(Cn2c(C)nc3ccccc32)s1)N1CCCC1c1ccc(F)cc1. The maximum Gasteiger partial charge on any atom is 0.252 e. The average Bonchev–Trinajstić information content (AvgIpc) is 3.66. The number of para-hydroxylation sites is 2. The quantitative estimate of drug-likeness (QED) is 0.298. The van der Waals surface area contributed by atoms with Gasteiger partial charge in [0.25, 0.3) is 5.91 Å². The van der Waals surface area contributed by atoms with Crippen LogP contribution in [-0.4, -0.2) is 49.3 Å². The van der Waals surface area contributed by atoms with Crippen LogP contribution in [0.1, 0.15) is 40.0 Å². The molecule has 0 bridgehead atoms. The summed E-state index contributed by atoms with van der Waals surface area (Å²) in [6.07, 6.45) is -1.43. The smallest absolute Gasteiger partial charge is 0.252 e. The second-order valence-electron chi connectivity index (χ2n) is 9.60. The molecule has 0 spiro atoms. The van der Waals surface area contributed by atoms with E-state index in [9.17, 15) is 19.4 Å². The van der Waals surface area contributed by atoms with Crippen LogP contribution in [-0.2, 0) is 17.9 Å². The molecule has 9 heteroatoms. The summed E-state index contributed by atoms with van der Waals surface area (Å²) in [5.41, 5.74) is 3.22. The zero-order chi connectivity index (χ0) is 26.8. The normalized spacial score (nSPS) is 17.1. The lowest BCUT2D eigenvalue weighted by molar-refractivity contribution is -0.134. The fraction of sp³-hybridized carbons (Fsp3) is 0.310. The molecule has 3 N–H and O–H groups in total. The minimum atomic E-state index is -1.66. The largest absolute Gasteiger partial charge is 0.384 e. The van der Waals surface area contributed by atoms with Gasteiger partial charge in [0.15, 0.2) is 6.10 Å². The number of amides is 1. The van der Waals surface area contributed by atoms with Gasteiger partial charge >= 0.3 is 0 Å². The predicted molar refractivity (Wildman–Crippen MR) is 146 cm³/mol. The first-order valence-electron chi connectivity index (χ1n) is 12.7. The number of imidazole rings is 1. The number of likely N-dealkylation sites (tertiary alicyclic amines) is 1. The van der Waals surface area contributed by atoms with Crippen LogP contribution in [0.5, 0.6) is 0 Å². The van der Waals surface area contributed by atoms with Gasteiger partial charge in [-0.2, -0.15) is 0 Å². The number of aliphatic hydroxyl groups excluding tert-OH is 2. The van der Waals surface area contributed by atoms with E-state index in [0.717, 1.165) is 45.0 Å². The predicted octanol–water partition coefficient (Wildman–Crippen LogP) is 4.28. The second-order valence-corrected chi connectivity index (χ2v) is 10.9. The van der Waals surface area contributed by atoms with Gasteiger partial charge in [-0.15, -0.1) is 11.3 Å². The molecule has 4 aromatic rings. The highest BCUT2D eigenvalue weighted by Gasteiger charge is 2.34. The van der Waals surface area contributed by atoms with Crippen LogP contribution < -0.4 is 5.32 Å². The van der Waals surface area contributed by atoms with Crippen LogP contribution in [0.15, 0.2) is 72.9 Å². The summed E-state index contributed by atoms with van der Waals surface area (Å²) >= 11 is 1.58. The first-order chi connectivity index (χ1) is 18.3. The fourth-order valence-corrected chi connectivity index (χ4v) is 6.02. The molecule has 3 atom stereocenters. The number of thiophene rings is 1. The summed E-state index contributed by atoms with van der Waals surface area (Å²) in [4.78, 5) is 21.3. The molecular formula is C29H31FN4O3S. The van der Waals surface area contributed by atoms with E-state index in [1.54, 1.807) is 23.5 Å². The van der Waals surface area contributed by atoms with Crippen molar-refractivity contribution in [3.05, 3.63) is 99.9 Å². The third-order valence-electron chi connectivity index (χ3n) is 7.10. The van der Waals surface area contributed by atoms with Crippen molar-refractivity contribution in [3.8, 4) is 0 Å². The lowest BCUT2D eigenvalue weighted by Crippen LogP contribution is -2.45. The van der Waals surface area contributed by atoms with E-state index in [2.05, 4.69) is 27.5 Å². The number of hydrogen-bond acceptors (Lipinski definition) is 6. The number of rotatable bonds is 9. The van der Waals surface area contributed by atoms with Crippen molar-refractivity contribution in [2.24, 2.45) is 0 Å². The summed E-state index contributed by atoms with van der Waals surface area (Å²) in [5, 5.41) is 24.1. The van der Waals surface area contributed by atoms with E-state index >= 15 is 0 Å². The molecule has 2 unspecified atom stereocenters. The van der Waals surface area contributed by atoms with E-state index in [-0.39, 0.29) is 24.1 Å². The first-order valence-corrected chi connectivity index (χ1v) is 13.5. The van der Waals surface area contributed by atoms with Gasteiger partial charge in [-0.3, -0.25) is 4.79 Å². The zero-order valence-corrected chi connectivity index (χ0v) is 22.0. The molecule has 1 aliphatic rings. The molecule has 1 saturated heterocycles. The molecule has 0 aliphatic carbocycles. The van der Waals surface area contributed by atoms with Crippen LogP contribution in [0.2, 0.25) is 0 Å². The lowest BCUT2D eigenvalue weighted by atomic mass is 10.0. The Morgan fingerprint density at radius 2 is 1.87 bits per heavy atom. The van der Waals surface area contributed by atoms with Gasteiger partial charge in [0.2, 0.25) is 0 Å². The summed E-state index contributed by atoms with van der Waals surface area (Å²) in [7, 11) is 0. The van der Waals surface area contributed by atoms with Gasteiger partial charge in [-0.25, -0.2) is 9.37 Å². The van der Waals surface area contributed by atoms with Gasteiger partial charge in [0.1, 0.15) is 17.7 Å². The highest BCUT2D eigenvalue weighted by atomic mass is 32.1. The standard InChI is InChI=1S/C29H31FN4O3S/c1-18(33-15-5-8-25(33)20-9-11-21(30)12-10-20)27(35)28(36)29(37)31-16-22-13-14-23(38-22)17-34-19(2)32-24-6-3-4-7-26(24)34/h3-4,6-7,9-14,25,27-28,35-36H,1,5,8,15-17H2,2H3,(H,31,37)/t25?,27?,28-/m1/s1. The number of aromatic nitrogens is 2. The Morgan fingerprint density at radius 1 is 1.13 bits per heavy atom. The van der Waals surface area contributed by atoms with Gasteiger partial charge in [-0.05, 0) is 61.7 Å². The molecule has 1 fully saturated rings. The number of aliphatic hydroxyl groups is 2.